The highest BCUT2D eigenvalue weighted by Crippen LogP contribution is 2.28. The van der Waals surface area contributed by atoms with Gasteiger partial charge in [-0.3, -0.25) is 4.79 Å². The average Bonchev–Trinajstić information content (AvgIpc) is 3.18. The van der Waals surface area contributed by atoms with E-state index in [1.807, 2.05) is 23.9 Å². The minimum Gasteiger partial charge on any atom is -0.384 e. The maximum atomic E-state index is 12.7. The van der Waals surface area contributed by atoms with Crippen molar-refractivity contribution >= 4 is 22.5 Å². The van der Waals surface area contributed by atoms with Crippen molar-refractivity contribution in [1.29, 1.82) is 0 Å². The summed E-state index contributed by atoms with van der Waals surface area (Å²) in [6, 6.07) is 8.27. The number of pyridine rings is 1. The molecule has 0 radical (unpaired) electrons. The quantitative estimate of drug-likeness (QED) is 0.673. The first-order valence-electron chi connectivity index (χ1n) is 10.1. The van der Waals surface area contributed by atoms with Crippen LogP contribution in [-0.2, 0) is 23.0 Å². The fraction of sp³-hybridized carbons (Fsp3) is 0.409. The first kappa shape index (κ1) is 19.5. The van der Waals surface area contributed by atoms with Crippen molar-refractivity contribution in [1.82, 2.24) is 19.9 Å². The van der Waals surface area contributed by atoms with Gasteiger partial charge < -0.3 is 19.9 Å². The molecule has 1 aliphatic rings. The molecule has 0 saturated carbocycles. The van der Waals surface area contributed by atoms with Crippen molar-refractivity contribution in [2.45, 2.75) is 19.3 Å². The van der Waals surface area contributed by atoms with Gasteiger partial charge in [0.2, 0.25) is 5.91 Å². The minimum atomic E-state index is 0.0388. The number of carbonyl (C=O) groups excluding carboxylic acids is 1. The highest BCUT2D eigenvalue weighted by atomic mass is 16.5. The van der Waals surface area contributed by atoms with Gasteiger partial charge in [-0.1, -0.05) is 12.1 Å². The molecule has 1 aromatic carbocycles. The lowest BCUT2D eigenvalue weighted by Crippen LogP contribution is -2.34. The predicted octanol–water partition coefficient (Wildman–Crippen LogP) is 2.76. The van der Waals surface area contributed by atoms with Gasteiger partial charge in [0.25, 0.3) is 0 Å². The predicted molar refractivity (Wildman–Crippen MR) is 114 cm³/mol. The lowest BCUT2D eigenvalue weighted by atomic mass is 9.97. The number of ether oxygens (including phenoxy) is 1. The molecular formula is C22H27N5O2. The van der Waals surface area contributed by atoms with Crippen LogP contribution in [-0.4, -0.2) is 47.2 Å². The van der Waals surface area contributed by atoms with Gasteiger partial charge in [0, 0.05) is 37.4 Å². The van der Waals surface area contributed by atoms with Crippen LogP contribution >= 0.6 is 0 Å². The molecule has 1 saturated heterocycles. The number of imidazole rings is 1. The summed E-state index contributed by atoms with van der Waals surface area (Å²) in [7, 11) is 3.67. The summed E-state index contributed by atoms with van der Waals surface area (Å²) in [5, 5.41) is 8.47. The molecule has 2 aromatic heterocycles. The normalized spacial score (nSPS) is 15.0. The van der Waals surface area contributed by atoms with E-state index in [0.29, 0.717) is 18.8 Å². The molecule has 1 amide bonds. The van der Waals surface area contributed by atoms with Crippen LogP contribution in [0.2, 0.25) is 0 Å². The maximum Gasteiger partial charge on any atom is 0.228 e. The smallest absolute Gasteiger partial charge is 0.228 e. The van der Waals surface area contributed by atoms with Crippen molar-refractivity contribution in [3.8, 4) is 11.3 Å². The highest BCUT2D eigenvalue weighted by molar-refractivity contribution is 5.96. The molecule has 7 nitrogen and oxygen atoms in total. The maximum absolute atomic E-state index is 12.7. The number of methoxy groups -OCH3 is 1. The van der Waals surface area contributed by atoms with Gasteiger partial charge in [-0.15, -0.1) is 0 Å². The Kier molecular flexibility index (Phi) is 5.87. The topological polar surface area (TPSA) is 81.1 Å². The number of rotatable bonds is 6. The molecule has 0 bridgehead atoms. The molecule has 7 heteroatoms. The van der Waals surface area contributed by atoms with Gasteiger partial charge in [-0.2, -0.15) is 0 Å². The van der Waals surface area contributed by atoms with E-state index in [2.05, 4.69) is 33.8 Å². The number of piperidine rings is 1. The fourth-order valence-corrected chi connectivity index (χ4v) is 3.89. The molecule has 4 rings (SSSR count). The van der Waals surface area contributed by atoms with Gasteiger partial charge in [-0.25, -0.2) is 9.97 Å². The number of aryl methyl sites for hydroxylation is 1. The standard InChI is InChI=1S/C22H27N5O2/c1-27-14-24-13-20(27)16-3-4-18-17(11-16)12-21(25-19(18)7-10-29-2)26-22(28)15-5-8-23-9-6-15/h3-4,11-15,23H,5-10H2,1-2H3,(H,25,26,28). The zero-order chi connectivity index (χ0) is 20.2. The van der Waals surface area contributed by atoms with Crippen molar-refractivity contribution in [3.05, 3.63) is 42.5 Å². The van der Waals surface area contributed by atoms with Crippen molar-refractivity contribution < 1.29 is 9.53 Å². The molecule has 29 heavy (non-hydrogen) atoms. The van der Waals surface area contributed by atoms with Crippen LogP contribution < -0.4 is 10.6 Å². The Morgan fingerprint density at radius 3 is 2.86 bits per heavy atom. The summed E-state index contributed by atoms with van der Waals surface area (Å²) < 4.78 is 7.26. The van der Waals surface area contributed by atoms with Crippen LogP contribution in [0.1, 0.15) is 18.5 Å². The van der Waals surface area contributed by atoms with Gasteiger partial charge in [0.05, 0.1) is 30.5 Å². The lowest BCUT2D eigenvalue weighted by molar-refractivity contribution is -0.120. The number of carbonyl (C=O) groups is 1. The molecule has 0 spiro atoms. The van der Waals surface area contributed by atoms with Crippen LogP contribution in [0, 0.1) is 5.92 Å². The third-order valence-electron chi connectivity index (χ3n) is 5.53. The summed E-state index contributed by atoms with van der Waals surface area (Å²) in [6.07, 6.45) is 6.06. The molecular weight excluding hydrogens is 366 g/mol. The van der Waals surface area contributed by atoms with E-state index >= 15 is 0 Å². The molecule has 0 atom stereocenters. The van der Waals surface area contributed by atoms with E-state index in [4.69, 9.17) is 9.72 Å². The Morgan fingerprint density at radius 2 is 2.14 bits per heavy atom. The number of aromatic nitrogens is 3. The number of anilines is 1. The summed E-state index contributed by atoms with van der Waals surface area (Å²) in [5.41, 5.74) is 3.06. The largest absolute Gasteiger partial charge is 0.384 e. The monoisotopic (exact) mass is 393 g/mol. The second-order valence-electron chi connectivity index (χ2n) is 7.54. The van der Waals surface area contributed by atoms with Gasteiger partial charge >= 0.3 is 0 Å². The van der Waals surface area contributed by atoms with E-state index in [1.165, 1.54) is 0 Å². The molecule has 1 fully saturated rings. The second-order valence-corrected chi connectivity index (χ2v) is 7.54. The van der Waals surface area contributed by atoms with Crippen LogP contribution in [0.15, 0.2) is 36.8 Å². The molecule has 0 aliphatic carbocycles. The summed E-state index contributed by atoms with van der Waals surface area (Å²) >= 11 is 0. The van der Waals surface area contributed by atoms with E-state index in [-0.39, 0.29) is 11.8 Å². The third kappa shape index (κ3) is 4.31. The Balaban J connectivity index is 1.69. The SMILES string of the molecule is COCCc1nc(NC(=O)C2CCNCC2)cc2cc(-c3cncn3C)ccc12. The zero-order valence-corrected chi connectivity index (χ0v) is 16.9. The molecule has 0 unspecified atom stereocenters. The number of nitrogens with one attached hydrogen (secondary N) is 2. The summed E-state index contributed by atoms with van der Waals surface area (Å²) in [4.78, 5) is 21.7. The third-order valence-corrected chi connectivity index (χ3v) is 5.53. The molecule has 3 heterocycles. The molecule has 2 N–H and O–H groups in total. The second kappa shape index (κ2) is 8.71. The lowest BCUT2D eigenvalue weighted by Gasteiger charge is -2.21. The van der Waals surface area contributed by atoms with Crippen LogP contribution in [0.3, 0.4) is 0 Å². The number of benzene rings is 1. The van der Waals surface area contributed by atoms with Crippen molar-refractivity contribution in [2.75, 3.05) is 32.1 Å². The first-order valence-corrected chi connectivity index (χ1v) is 10.1. The van der Waals surface area contributed by atoms with Gasteiger partial charge in [-0.05, 0) is 43.5 Å². The van der Waals surface area contributed by atoms with Crippen molar-refractivity contribution in [2.24, 2.45) is 13.0 Å². The van der Waals surface area contributed by atoms with Crippen LogP contribution in [0.5, 0.6) is 0 Å². The van der Waals surface area contributed by atoms with E-state index in [0.717, 1.165) is 53.7 Å². The highest BCUT2D eigenvalue weighted by Gasteiger charge is 2.21. The Bertz CT molecular complexity index is 1010. The first-order chi connectivity index (χ1) is 14.2. The summed E-state index contributed by atoms with van der Waals surface area (Å²) in [6.45, 7) is 2.35. The number of hydrogen-bond donors (Lipinski definition) is 2. The molecule has 1 aliphatic heterocycles. The van der Waals surface area contributed by atoms with E-state index < -0.39 is 0 Å². The molecule has 152 valence electrons. The number of amides is 1. The van der Waals surface area contributed by atoms with Crippen LogP contribution in [0.25, 0.3) is 22.0 Å². The Labute approximate surface area is 170 Å². The van der Waals surface area contributed by atoms with Gasteiger partial charge in [0.1, 0.15) is 5.82 Å². The number of nitrogens with zero attached hydrogens (tertiary/aromatic N) is 3. The Morgan fingerprint density at radius 1 is 1.31 bits per heavy atom. The number of hydrogen-bond acceptors (Lipinski definition) is 5. The van der Waals surface area contributed by atoms with Gasteiger partial charge in [0.15, 0.2) is 0 Å². The van der Waals surface area contributed by atoms with Crippen LogP contribution in [0.4, 0.5) is 5.82 Å². The molecule has 3 aromatic rings. The average molecular weight is 393 g/mol. The Hall–Kier alpha value is -2.77. The van der Waals surface area contributed by atoms with E-state index in [1.54, 1.807) is 13.4 Å². The zero-order valence-electron chi connectivity index (χ0n) is 16.9. The number of fused-ring (bicyclic) bond motifs is 1. The minimum absolute atomic E-state index is 0.0388. The summed E-state index contributed by atoms with van der Waals surface area (Å²) in [5.74, 6) is 0.699. The fourth-order valence-electron chi connectivity index (χ4n) is 3.89. The van der Waals surface area contributed by atoms with Crippen molar-refractivity contribution in [3.63, 3.8) is 0 Å². The van der Waals surface area contributed by atoms with E-state index in [9.17, 15) is 4.79 Å².